The van der Waals surface area contributed by atoms with Gasteiger partial charge in [-0.25, -0.2) is 0 Å². The van der Waals surface area contributed by atoms with Crippen LogP contribution in [0.4, 0.5) is 5.69 Å². The highest BCUT2D eigenvalue weighted by Crippen LogP contribution is 2.35. The summed E-state index contributed by atoms with van der Waals surface area (Å²) in [6, 6.07) is 8.58. The third-order valence-electron chi connectivity index (χ3n) is 4.08. The third-order valence-corrected chi connectivity index (χ3v) is 4.73. The molecule has 0 spiro atoms. The van der Waals surface area contributed by atoms with Crippen LogP contribution in [0.2, 0.25) is 5.02 Å². The van der Waals surface area contributed by atoms with Gasteiger partial charge in [0.05, 0.1) is 11.9 Å². The van der Waals surface area contributed by atoms with Gasteiger partial charge in [-0.15, -0.1) is 9.35 Å². The second-order valence-electron chi connectivity index (χ2n) is 6.29. The quantitative estimate of drug-likeness (QED) is 0.426. The Morgan fingerprint density at radius 1 is 1.32 bits per heavy atom. The Hall–Kier alpha value is -2.56. The maximum Gasteiger partial charge on any atom is 0.323 e. The standard InChI is InChI=1S/C17H19ClN4O5S/c1-28(24,25)27-22(17(19)20)16(23)15-13(21-7-2-3-8-21)10-14(26-15)11-5-4-6-12(18)9-11/h4-6,9-10H,2-3,7-8H2,1H3,(H3,19,20). The van der Waals surface area contributed by atoms with Gasteiger partial charge in [0.1, 0.15) is 5.76 Å². The molecule has 11 heteroatoms. The van der Waals surface area contributed by atoms with Crippen LogP contribution < -0.4 is 10.6 Å². The number of amides is 1. The van der Waals surface area contributed by atoms with Crippen molar-refractivity contribution in [3.8, 4) is 11.3 Å². The second-order valence-corrected chi connectivity index (χ2v) is 8.29. The Morgan fingerprint density at radius 2 is 2.00 bits per heavy atom. The van der Waals surface area contributed by atoms with E-state index in [0.29, 0.717) is 35.1 Å². The number of carbonyl (C=O) groups excluding carboxylic acids is 1. The molecule has 3 rings (SSSR count). The second kappa shape index (κ2) is 7.82. The van der Waals surface area contributed by atoms with Crippen LogP contribution >= 0.6 is 11.6 Å². The summed E-state index contributed by atoms with van der Waals surface area (Å²) in [4.78, 5) is 14.9. The maximum atomic E-state index is 12.9. The van der Waals surface area contributed by atoms with Crippen LogP contribution in [0.15, 0.2) is 34.7 Å². The molecule has 1 aromatic carbocycles. The number of nitrogens with zero attached hydrogens (tertiary/aromatic N) is 2. The van der Waals surface area contributed by atoms with Crippen molar-refractivity contribution in [2.45, 2.75) is 12.8 Å². The van der Waals surface area contributed by atoms with Crippen molar-refractivity contribution in [1.29, 1.82) is 5.41 Å². The highest BCUT2D eigenvalue weighted by atomic mass is 35.5. The number of rotatable bonds is 5. The van der Waals surface area contributed by atoms with E-state index in [1.54, 1.807) is 30.3 Å². The smallest absolute Gasteiger partial charge is 0.323 e. The molecule has 2 heterocycles. The molecule has 1 fully saturated rings. The van der Waals surface area contributed by atoms with E-state index in [1.807, 2.05) is 4.90 Å². The largest absolute Gasteiger partial charge is 0.449 e. The maximum absolute atomic E-state index is 12.9. The molecule has 1 saturated heterocycles. The van der Waals surface area contributed by atoms with Gasteiger partial charge in [-0.1, -0.05) is 23.7 Å². The zero-order chi connectivity index (χ0) is 20.5. The van der Waals surface area contributed by atoms with E-state index in [-0.39, 0.29) is 10.8 Å². The van der Waals surface area contributed by atoms with Crippen molar-refractivity contribution in [3.05, 3.63) is 41.1 Å². The normalized spacial score (nSPS) is 14.3. The van der Waals surface area contributed by atoms with Crippen LogP contribution in [0.3, 0.4) is 0 Å². The van der Waals surface area contributed by atoms with E-state index < -0.39 is 22.0 Å². The summed E-state index contributed by atoms with van der Waals surface area (Å²) in [6.07, 6.45) is 2.64. The van der Waals surface area contributed by atoms with Crippen LogP contribution in [-0.2, 0) is 14.4 Å². The number of nitrogens with one attached hydrogen (secondary N) is 1. The van der Waals surface area contributed by atoms with Gasteiger partial charge < -0.3 is 15.1 Å². The fraction of sp³-hybridized carbons (Fsp3) is 0.294. The highest BCUT2D eigenvalue weighted by Gasteiger charge is 2.32. The van der Waals surface area contributed by atoms with Crippen LogP contribution in [0.1, 0.15) is 23.4 Å². The minimum atomic E-state index is -4.09. The number of hydrogen-bond acceptors (Lipinski definition) is 7. The molecule has 150 valence electrons. The molecule has 0 aliphatic carbocycles. The van der Waals surface area contributed by atoms with Crippen molar-refractivity contribution < 1.29 is 21.9 Å². The zero-order valence-corrected chi connectivity index (χ0v) is 16.6. The summed E-state index contributed by atoms with van der Waals surface area (Å²) in [5.41, 5.74) is 6.47. The van der Waals surface area contributed by atoms with E-state index in [9.17, 15) is 13.2 Å². The van der Waals surface area contributed by atoms with Gasteiger partial charge in [0, 0.05) is 29.7 Å². The molecule has 28 heavy (non-hydrogen) atoms. The molecule has 1 aliphatic rings. The van der Waals surface area contributed by atoms with Crippen LogP contribution in [0, 0.1) is 5.41 Å². The summed E-state index contributed by atoms with van der Waals surface area (Å²) in [7, 11) is -4.09. The van der Waals surface area contributed by atoms with Gasteiger partial charge in [0.2, 0.25) is 11.7 Å². The Labute approximate surface area is 167 Å². The van der Waals surface area contributed by atoms with Crippen LogP contribution in [0.5, 0.6) is 0 Å². The van der Waals surface area contributed by atoms with E-state index in [4.69, 9.17) is 27.2 Å². The van der Waals surface area contributed by atoms with Crippen molar-refractivity contribution in [2.24, 2.45) is 5.73 Å². The molecule has 1 amide bonds. The SMILES string of the molecule is CS(=O)(=O)ON(C(=N)N)C(=O)c1oc(-c2cccc(Cl)c2)cc1N1CCCC1. The van der Waals surface area contributed by atoms with Gasteiger partial charge in [-0.3, -0.25) is 10.2 Å². The number of hydroxylamine groups is 2. The third kappa shape index (κ3) is 4.46. The van der Waals surface area contributed by atoms with E-state index in [1.165, 1.54) is 0 Å². The fourth-order valence-electron chi connectivity index (χ4n) is 2.92. The summed E-state index contributed by atoms with van der Waals surface area (Å²) in [5, 5.41) is 8.20. The van der Waals surface area contributed by atoms with Crippen molar-refractivity contribution in [3.63, 3.8) is 0 Å². The molecular formula is C17H19ClN4O5S. The molecule has 3 N–H and O–H groups in total. The number of anilines is 1. The van der Waals surface area contributed by atoms with Crippen LogP contribution in [0.25, 0.3) is 11.3 Å². The van der Waals surface area contributed by atoms with Crippen molar-refractivity contribution in [1.82, 2.24) is 5.06 Å². The fourth-order valence-corrected chi connectivity index (χ4v) is 3.53. The molecule has 0 radical (unpaired) electrons. The highest BCUT2D eigenvalue weighted by molar-refractivity contribution is 7.85. The van der Waals surface area contributed by atoms with E-state index in [2.05, 4.69) is 4.28 Å². The lowest BCUT2D eigenvalue weighted by Crippen LogP contribution is -2.42. The molecule has 0 bridgehead atoms. The first kappa shape index (κ1) is 20.2. The Morgan fingerprint density at radius 3 is 2.57 bits per heavy atom. The Kier molecular flexibility index (Phi) is 5.64. The number of halogens is 1. The lowest BCUT2D eigenvalue weighted by Gasteiger charge is -2.20. The first-order valence-corrected chi connectivity index (χ1v) is 10.6. The lowest BCUT2D eigenvalue weighted by molar-refractivity contribution is 0.0174. The van der Waals surface area contributed by atoms with Gasteiger partial charge in [-0.2, -0.15) is 8.42 Å². The minimum Gasteiger partial charge on any atom is -0.449 e. The monoisotopic (exact) mass is 426 g/mol. The molecule has 9 nitrogen and oxygen atoms in total. The predicted molar refractivity (Wildman–Crippen MR) is 105 cm³/mol. The van der Waals surface area contributed by atoms with Gasteiger partial charge in [0.15, 0.2) is 0 Å². The zero-order valence-electron chi connectivity index (χ0n) is 15.0. The van der Waals surface area contributed by atoms with Crippen LogP contribution in [-0.4, -0.2) is 44.7 Å². The predicted octanol–water partition coefficient (Wildman–Crippen LogP) is 2.43. The molecule has 0 unspecified atom stereocenters. The number of carbonyl (C=O) groups is 1. The average molecular weight is 427 g/mol. The number of furan rings is 1. The molecular weight excluding hydrogens is 408 g/mol. The first-order chi connectivity index (χ1) is 13.2. The molecule has 1 aromatic heterocycles. The minimum absolute atomic E-state index is 0.171. The molecule has 1 aliphatic heterocycles. The number of hydrogen-bond donors (Lipinski definition) is 2. The number of nitrogens with two attached hydrogens (primary N) is 1. The molecule has 0 atom stereocenters. The van der Waals surface area contributed by atoms with Gasteiger partial charge in [0.25, 0.3) is 10.1 Å². The van der Waals surface area contributed by atoms with Crippen molar-refractivity contribution in [2.75, 3.05) is 24.2 Å². The molecule has 0 saturated carbocycles. The van der Waals surface area contributed by atoms with E-state index >= 15 is 0 Å². The summed E-state index contributed by atoms with van der Waals surface area (Å²) in [5.74, 6) is -1.68. The van der Waals surface area contributed by atoms with Gasteiger partial charge >= 0.3 is 5.91 Å². The summed E-state index contributed by atoms with van der Waals surface area (Å²) < 4.78 is 33.3. The van der Waals surface area contributed by atoms with Crippen molar-refractivity contribution >= 4 is 39.3 Å². The van der Waals surface area contributed by atoms with Gasteiger partial charge in [-0.05, 0) is 25.0 Å². The summed E-state index contributed by atoms with van der Waals surface area (Å²) in [6.45, 7) is 1.42. The Bertz CT molecular complexity index is 1010. The average Bonchev–Trinajstić information content (AvgIpc) is 3.27. The lowest BCUT2D eigenvalue weighted by atomic mass is 10.1. The number of benzene rings is 1. The molecule has 2 aromatic rings. The van der Waals surface area contributed by atoms with E-state index in [0.717, 1.165) is 19.1 Å². The topological polar surface area (TPSA) is 130 Å². The Balaban J connectivity index is 2.07. The number of guanidine groups is 1. The summed E-state index contributed by atoms with van der Waals surface area (Å²) >= 11 is 6.04. The first-order valence-electron chi connectivity index (χ1n) is 8.38.